The Morgan fingerprint density at radius 1 is 1.00 bits per heavy atom. The van der Waals surface area contributed by atoms with Crippen molar-refractivity contribution >= 4 is 11.7 Å². The Balaban J connectivity index is 1.18. The lowest BCUT2D eigenvalue weighted by Crippen LogP contribution is -2.64. The van der Waals surface area contributed by atoms with Crippen LogP contribution < -0.4 is 4.90 Å². The lowest BCUT2D eigenvalue weighted by Gasteiger charge is -2.48. The molecular weight excluding hydrogens is 372 g/mol. The van der Waals surface area contributed by atoms with Gasteiger partial charge in [0.2, 0.25) is 5.91 Å². The van der Waals surface area contributed by atoms with Crippen LogP contribution in [0.2, 0.25) is 0 Å². The zero-order chi connectivity index (χ0) is 21.1. The minimum Gasteiger partial charge on any atom is -0.354 e. The van der Waals surface area contributed by atoms with Gasteiger partial charge in [-0.25, -0.2) is 4.98 Å². The highest BCUT2D eigenvalue weighted by Crippen LogP contribution is 2.23. The van der Waals surface area contributed by atoms with Crippen molar-refractivity contribution in [1.29, 1.82) is 0 Å². The number of carbonyl (C=O) groups is 1. The van der Waals surface area contributed by atoms with Gasteiger partial charge in [-0.05, 0) is 35.1 Å². The fourth-order valence-electron chi connectivity index (χ4n) is 4.33. The summed E-state index contributed by atoms with van der Waals surface area (Å²) in [5.41, 5.74) is 2.76. The van der Waals surface area contributed by atoms with Crippen LogP contribution in [0.15, 0.2) is 48.7 Å². The predicted molar refractivity (Wildman–Crippen MR) is 122 cm³/mol. The largest absolute Gasteiger partial charge is 0.354 e. The highest BCUT2D eigenvalue weighted by molar-refractivity contribution is 5.77. The first-order valence-electron chi connectivity index (χ1n) is 11.2. The van der Waals surface area contributed by atoms with E-state index < -0.39 is 0 Å². The number of carbonyl (C=O) groups excluding carboxylic acids is 1. The quantitative estimate of drug-likeness (QED) is 0.764. The molecular formula is C25H34N4O. The third kappa shape index (κ3) is 4.84. The Morgan fingerprint density at radius 2 is 1.70 bits per heavy atom. The van der Waals surface area contributed by atoms with Gasteiger partial charge in [0, 0.05) is 57.9 Å². The maximum absolute atomic E-state index is 12.6. The lowest BCUT2D eigenvalue weighted by molar-refractivity contribution is -0.138. The Morgan fingerprint density at radius 3 is 2.30 bits per heavy atom. The summed E-state index contributed by atoms with van der Waals surface area (Å²) in [4.78, 5) is 24.0. The summed E-state index contributed by atoms with van der Waals surface area (Å²) >= 11 is 0. The monoisotopic (exact) mass is 406 g/mol. The molecule has 160 valence electrons. The van der Waals surface area contributed by atoms with Crippen molar-refractivity contribution in [2.75, 3.05) is 44.2 Å². The van der Waals surface area contributed by atoms with Crippen molar-refractivity contribution in [3.05, 3.63) is 59.8 Å². The average Bonchev–Trinajstić information content (AvgIpc) is 2.72. The molecule has 0 spiro atoms. The minimum atomic E-state index is 0.171. The smallest absolute Gasteiger partial charge is 0.223 e. The summed E-state index contributed by atoms with van der Waals surface area (Å²) in [5.74, 6) is 1.36. The number of benzene rings is 1. The summed E-state index contributed by atoms with van der Waals surface area (Å²) < 4.78 is 0. The number of anilines is 1. The molecule has 0 aliphatic carbocycles. The third-order valence-corrected chi connectivity index (χ3v) is 6.47. The second-order valence-corrected chi connectivity index (χ2v) is 9.61. The maximum atomic E-state index is 12.6. The molecule has 30 heavy (non-hydrogen) atoms. The van der Waals surface area contributed by atoms with Crippen LogP contribution in [-0.4, -0.2) is 66.0 Å². The first-order chi connectivity index (χ1) is 14.4. The normalized spacial score (nSPS) is 18.4. The number of rotatable bonds is 5. The Kier molecular flexibility index (Phi) is 6.09. The van der Waals surface area contributed by atoms with Crippen molar-refractivity contribution in [3.63, 3.8) is 0 Å². The van der Waals surface area contributed by atoms with Gasteiger partial charge < -0.3 is 9.80 Å². The number of hydrogen-bond acceptors (Lipinski definition) is 4. The Bertz CT molecular complexity index is 830. The fraction of sp³-hybridized carbons (Fsp3) is 0.520. The molecule has 5 heteroatoms. The van der Waals surface area contributed by atoms with Crippen molar-refractivity contribution in [2.24, 2.45) is 0 Å². The fourth-order valence-corrected chi connectivity index (χ4v) is 4.33. The molecule has 0 unspecified atom stereocenters. The van der Waals surface area contributed by atoms with Crippen LogP contribution in [0.4, 0.5) is 5.82 Å². The van der Waals surface area contributed by atoms with E-state index in [0.29, 0.717) is 18.4 Å². The van der Waals surface area contributed by atoms with Crippen molar-refractivity contribution in [3.8, 4) is 0 Å². The van der Waals surface area contributed by atoms with E-state index in [2.05, 4.69) is 65.9 Å². The van der Waals surface area contributed by atoms with Crippen LogP contribution in [0.25, 0.3) is 0 Å². The SMILES string of the molecule is CC(C)(C)c1ccc(CCC(=O)N2CC(N3CCN(c4ccccn4)CC3)C2)cc1. The molecule has 3 heterocycles. The first kappa shape index (κ1) is 20.9. The number of aryl methyl sites for hydroxylation is 1. The molecule has 2 saturated heterocycles. The molecule has 2 fully saturated rings. The summed E-state index contributed by atoms with van der Waals surface area (Å²) in [6.07, 6.45) is 3.29. The number of piperazine rings is 1. The summed E-state index contributed by atoms with van der Waals surface area (Å²) in [6.45, 7) is 12.5. The third-order valence-electron chi connectivity index (χ3n) is 6.47. The zero-order valence-corrected chi connectivity index (χ0v) is 18.6. The molecule has 0 saturated carbocycles. The van der Waals surface area contributed by atoms with E-state index in [4.69, 9.17) is 0 Å². The summed E-state index contributed by atoms with van der Waals surface area (Å²) in [6, 6.07) is 15.3. The molecule has 2 aliphatic rings. The van der Waals surface area contributed by atoms with E-state index in [0.717, 1.165) is 51.5 Å². The highest BCUT2D eigenvalue weighted by atomic mass is 16.2. The number of hydrogen-bond donors (Lipinski definition) is 0. The van der Waals surface area contributed by atoms with Gasteiger partial charge >= 0.3 is 0 Å². The molecule has 0 atom stereocenters. The molecule has 2 aromatic rings. The Labute approximate surface area is 180 Å². The minimum absolute atomic E-state index is 0.171. The molecule has 1 aromatic heterocycles. The summed E-state index contributed by atoms with van der Waals surface area (Å²) in [7, 11) is 0. The summed E-state index contributed by atoms with van der Waals surface area (Å²) in [5, 5.41) is 0. The highest BCUT2D eigenvalue weighted by Gasteiger charge is 2.35. The van der Waals surface area contributed by atoms with Crippen LogP contribution in [0.5, 0.6) is 0 Å². The zero-order valence-electron chi connectivity index (χ0n) is 18.6. The van der Waals surface area contributed by atoms with Gasteiger partial charge in [-0.3, -0.25) is 9.69 Å². The van der Waals surface area contributed by atoms with Gasteiger partial charge in [0.15, 0.2) is 0 Å². The van der Waals surface area contributed by atoms with Crippen LogP contribution in [-0.2, 0) is 16.6 Å². The van der Waals surface area contributed by atoms with E-state index in [1.165, 1.54) is 11.1 Å². The standard InChI is InChI=1S/C25H34N4O/c1-25(2,3)21-10-7-20(8-11-21)9-12-24(30)29-18-22(19-29)27-14-16-28(17-15-27)23-6-4-5-13-26-23/h4-8,10-11,13,22H,9,12,14-19H2,1-3H3. The van der Waals surface area contributed by atoms with E-state index >= 15 is 0 Å². The Hall–Kier alpha value is -2.40. The first-order valence-corrected chi connectivity index (χ1v) is 11.2. The van der Waals surface area contributed by atoms with E-state index in [1.807, 2.05) is 23.2 Å². The number of aromatic nitrogens is 1. The van der Waals surface area contributed by atoms with Crippen LogP contribution in [0, 0.1) is 0 Å². The molecule has 5 nitrogen and oxygen atoms in total. The topological polar surface area (TPSA) is 39.7 Å². The molecule has 1 aromatic carbocycles. The van der Waals surface area contributed by atoms with Gasteiger partial charge in [-0.15, -0.1) is 0 Å². The van der Waals surface area contributed by atoms with Crippen molar-refractivity contribution < 1.29 is 4.79 Å². The van der Waals surface area contributed by atoms with Gasteiger partial charge in [0.05, 0.1) is 0 Å². The molecule has 0 N–H and O–H groups in total. The van der Waals surface area contributed by atoms with E-state index in [-0.39, 0.29) is 5.41 Å². The van der Waals surface area contributed by atoms with Gasteiger partial charge in [0.25, 0.3) is 0 Å². The van der Waals surface area contributed by atoms with E-state index in [1.54, 1.807) is 0 Å². The van der Waals surface area contributed by atoms with Gasteiger partial charge in [-0.1, -0.05) is 51.1 Å². The molecule has 1 amide bonds. The molecule has 2 aliphatic heterocycles. The number of nitrogens with zero attached hydrogens (tertiary/aromatic N) is 4. The molecule has 0 bridgehead atoms. The predicted octanol–water partition coefficient (Wildman–Crippen LogP) is 3.34. The average molecular weight is 407 g/mol. The number of amides is 1. The lowest BCUT2D eigenvalue weighted by atomic mass is 9.86. The van der Waals surface area contributed by atoms with Crippen molar-refractivity contribution in [2.45, 2.75) is 45.1 Å². The van der Waals surface area contributed by atoms with Crippen molar-refractivity contribution in [1.82, 2.24) is 14.8 Å². The van der Waals surface area contributed by atoms with Crippen LogP contribution in [0.3, 0.4) is 0 Å². The van der Waals surface area contributed by atoms with Crippen LogP contribution in [0.1, 0.15) is 38.3 Å². The second-order valence-electron chi connectivity index (χ2n) is 9.61. The maximum Gasteiger partial charge on any atom is 0.223 e. The van der Waals surface area contributed by atoms with Crippen LogP contribution >= 0.6 is 0 Å². The molecule has 0 radical (unpaired) electrons. The number of pyridine rings is 1. The van der Waals surface area contributed by atoms with Gasteiger partial charge in [-0.2, -0.15) is 0 Å². The van der Waals surface area contributed by atoms with Gasteiger partial charge in [0.1, 0.15) is 5.82 Å². The van der Waals surface area contributed by atoms with E-state index in [9.17, 15) is 4.79 Å². The second kappa shape index (κ2) is 8.76. The molecule has 4 rings (SSSR count). The number of likely N-dealkylation sites (tertiary alicyclic amines) is 1.